The topological polar surface area (TPSA) is 131 Å². The van der Waals surface area contributed by atoms with E-state index in [0.29, 0.717) is 16.9 Å². The molecule has 0 fully saturated rings. The summed E-state index contributed by atoms with van der Waals surface area (Å²) >= 11 is 0. The molecule has 178 valence electrons. The number of carbonyl (C=O) groups excluding carboxylic acids is 3. The second-order valence-corrected chi connectivity index (χ2v) is 9.38. The molecule has 0 heterocycles. The van der Waals surface area contributed by atoms with Gasteiger partial charge in [0.15, 0.2) is 6.10 Å². The summed E-state index contributed by atoms with van der Waals surface area (Å²) in [4.78, 5) is 36.4. The van der Waals surface area contributed by atoms with Crippen LogP contribution < -0.4 is 10.6 Å². The van der Waals surface area contributed by atoms with E-state index in [1.54, 1.807) is 19.9 Å². The van der Waals surface area contributed by atoms with Crippen LogP contribution in [0.1, 0.15) is 29.8 Å². The molecule has 2 amide bonds. The third-order valence-corrected chi connectivity index (χ3v) is 6.35. The number of nitrogens with one attached hydrogen (secondary N) is 2. The summed E-state index contributed by atoms with van der Waals surface area (Å²) in [5.74, 6) is -1.35. The van der Waals surface area contributed by atoms with Crippen LogP contribution in [0.15, 0.2) is 47.4 Å². The minimum atomic E-state index is -3.68. The molecule has 2 aromatic rings. The van der Waals surface area contributed by atoms with Crippen molar-refractivity contribution in [2.45, 2.75) is 31.8 Å². The quantitative estimate of drug-likeness (QED) is 0.559. The van der Waals surface area contributed by atoms with Gasteiger partial charge in [-0.25, -0.2) is 22.3 Å². The Labute approximate surface area is 192 Å². The summed E-state index contributed by atoms with van der Waals surface area (Å²) in [5.41, 5.74) is 1.54. The van der Waals surface area contributed by atoms with E-state index in [2.05, 4.69) is 10.6 Å². The molecule has 0 aliphatic carbocycles. The second kappa shape index (κ2) is 10.9. The molecule has 0 spiro atoms. The molecule has 0 bridgehead atoms. The van der Waals surface area contributed by atoms with Crippen LogP contribution in [0.3, 0.4) is 0 Å². The number of nitrogens with zero attached hydrogens (tertiary/aromatic N) is 1. The Morgan fingerprint density at radius 1 is 1.03 bits per heavy atom. The van der Waals surface area contributed by atoms with E-state index in [1.807, 2.05) is 0 Å². The fourth-order valence-electron chi connectivity index (χ4n) is 2.60. The molecule has 0 aliphatic rings. The number of sulfonamides is 1. The summed E-state index contributed by atoms with van der Waals surface area (Å²) < 4.78 is 35.8. The van der Waals surface area contributed by atoms with Gasteiger partial charge < -0.3 is 14.8 Å². The number of carbonyl (C=O) groups is 3. The second-order valence-electron chi connectivity index (χ2n) is 7.22. The zero-order valence-electron chi connectivity index (χ0n) is 19.0. The summed E-state index contributed by atoms with van der Waals surface area (Å²) in [6.45, 7) is 5.02. The molecule has 0 aromatic heterocycles. The summed E-state index contributed by atoms with van der Waals surface area (Å²) in [5, 5.41) is 5.10. The molecule has 33 heavy (non-hydrogen) atoms. The summed E-state index contributed by atoms with van der Waals surface area (Å²) in [6, 6.07) is 10.3. The molecule has 11 heteroatoms. The van der Waals surface area contributed by atoms with Crippen molar-refractivity contribution in [3.8, 4) is 0 Å². The highest BCUT2D eigenvalue weighted by Crippen LogP contribution is 2.22. The van der Waals surface area contributed by atoms with Crippen molar-refractivity contribution in [3.05, 3.63) is 53.6 Å². The van der Waals surface area contributed by atoms with Gasteiger partial charge in [0.1, 0.15) is 0 Å². The van der Waals surface area contributed by atoms with Crippen molar-refractivity contribution < 1.29 is 32.3 Å². The maximum Gasteiger partial charge on any atom is 0.411 e. The lowest BCUT2D eigenvalue weighted by atomic mass is 10.2. The highest BCUT2D eigenvalue weighted by molar-refractivity contribution is 7.89. The van der Waals surface area contributed by atoms with Gasteiger partial charge in [-0.05, 0) is 62.7 Å². The predicted octanol–water partition coefficient (Wildman–Crippen LogP) is 3.00. The summed E-state index contributed by atoms with van der Waals surface area (Å²) in [6.07, 6.45) is -1.76. The van der Waals surface area contributed by atoms with Crippen molar-refractivity contribution in [2.75, 3.05) is 31.3 Å². The zero-order valence-corrected chi connectivity index (χ0v) is 19.9. The molecule has 2 aromatic carbocycles. The third-order valence-electron chi connectivity index (χ3n) is 4.54. The Kier molecular flexibility index (Phi) is 8.55. The molecule has 2 rings (SSSR count). The smallest absolute Gasteiger partial charge is 0.411 e. The van der Waals surface area contributed by atoms with Gasteiger partial charge in [0.2, 0.25) is 10.0 Å². The fourth-order valence-corrected chi connectivity index (χ4v) is 3.53. The normalized spacial score (nSPS) is 12.1. The van der Waals surface area contributed by atoms with E-state index in [1.165, 1.54) is 57.4 Å². The van der Waals surface area contributed by atoms with Gasteiger partial charge in [-0.1, -0.05) is 6.07 Å². The first-order valence-electron chi connectivity index (χ1n) is 10.0. The van der Waals surface area contributed by atoms with E-state index in [0.717, 1.165) is 4.31 Å². The molecule has 0 saturated carbocycles. The van der Waals surface area contributed by atoms with E-state index in [-0.39, 0.29) is 17.1 Å². The highest BCUT2D eigenvalue weighted by atomic mass is 32.2. The largest absolute Gasteiger partial charge is 0.450 e. The Bertz CT molecular complexity index is 1130. The molecule has 0 aliphatic heterocycles. The molecule has 0 radical (unpaired) electrons. The van der Waals surface area contributed by atoms with Crippen LogP contribution in [0, 0.1) is 6.92 Å². The van der Waals surface area contributed by atoms with Gasteiger partial charge in [-0.3, -0.25) is 10.1 Å². The molecule has 2 N–H and O–H groups in total. The van der Waals surface area contributed by atoms with E-state index < -0.39 is 34.1 Å². The minimum absolute atomic E-state index is 0.0227. The number of benzene rings is 2. The number of hydrogen-bond acceptors (Lipinski definition) is 7. The standard InChI is InChI=1S/C22H27N3O7S/c1-6-31-22(28)23-17-10-8-16(9-11-17)21(27)32-15(3)20(26)24-19-13-18(12-7-14(19)2)33(29,30)25(4)5/h7-13,15H,6H2,1-5H3,(H,23,28)(H,24,26). The van der Waals surface area contributed by atoms with Crippen LogP contribution in [0.5, 0.6) is 0 Å². The monoisotopic (exact) mass is 477 g/mol. The Morgan fingerprint density at radius 2 is 1.67 bits per heavy atom. The molecular formula is C22H27N3O7S. The van der Waals surface area contributed by atoms with E-state index in [9.17, 15) is 22.8 Å². The molecule has 0 saturated heterocycles. The van der Waals surface area contributed by atoms with Crippen LogP contribution in [-0.2, 0) is 24.3 Å². The lowest BCUT2D eigenvalue weighted by Gasteiger charge is -2.17. The molecule has 1 unspecified atom stereocenters. The van der Waals surface area contributed by atoms with Gasteiger partial charge in [-0.15, -0.1) is 0 Å². The van der Waals surface area contributed by atoms with Crippen LogP contribution in [0.25, 0.3) is 0 Å². The lowest BCUT2D eigenvalue weighted by molar-refractivity contribution is -0.123. The average molecular weight is 478 g/mol. The highest BCUT2D eigenvalue weighted by Gasteiger charge is 2.22. The van der Waals surface area contributed by atoms with E-state index >= 15 is 0 Å². The number of anilines is 2. The number of hydrogen-bond donors (Lipinski definition) is 2. The number of amides is 2. The molecule has 1 atom stereocenters. The van der Waals surface area contributed by atoms with Crippen molar-refractivity contribution in [1.29, 1.82) is 0 Å². The Morgan fingerprint density at radius 3 is 2.24 bits per heavy atom. The van der Waals surface area contributed by atoms with Crippen molar-refractivity contribution in [1.82, 2.24) is 4.31 Å². The third kappa shape index (κ3) is 6.77. The number of rotatable bonds is 8. The molecular weight excluding hydrogens is 450 g/mol. The van der Waals surface area contributed by atoms with Gasteiger partial charge in [0.05, 0.1) is 17.1 Å². The first-order chi connectivity index (χ1) is 15.4. The van der Waals surface area contributed by atoms with Crippen LogP contribution in [-0.4, -0.2) is 57.5 Å². The van der Waals surface area contributed by atoms with E-state index in [4.69, 9.17) is 9.47 Å². The maximum atomic E-state index is 12.6. The lowest BCUT2D eigenvalue weighted by Crippen LogP contribution is -2.30. The maximum absolute atomic E-state index is 12.6. The number of esters is 1. The predicted molar refractivity (Wildman–Crippen MR) is 123 cm³/mol. The van der Waals surface area contributed by atoms with Gasteiger partial charge in [0, 0.05) is 25.5 Å². The average Bonchev–Trinajstić information content (AvgIpc) is 2.75. The number of aryl methyl sites for hydroxylation is 1. The summed E-state index contributed by atoms with van der Waals surface area (Å²) in [7, 11) is -0.857. The fraction of sp³-hybridized carbons (Fsp3) is 0.318. The Balaban J connectivity index is 2.05. The van der Waals surface area contributed by atoms with Crippen LogP contribution in [0.2, 0.25) is 0 Å². The van der Waals surface area contributed by atoms with Crippen molar-refractivity contribution in [3.63, 3.8) is 0 Å². The Hall–Kier alpha value is -3.44. The first kappa shape index (κ1) is 25.8. The zero-order chi connectivity index (χ0) is 24.8. The molecule has 10 nitrogen and oxygen atoms in total. The minimum Gasteiger partial charge on any atom is -0.450 e. The van der Waals surface area contributed by atoms with Gasteiger partial charge in [0.25, 0.3) is 5.91 Å². The van der Waals surface area contributed by atoms with Crippen LogP contribution in [0.4, 0.5) is 16.2 Å². The van der Waals surface area contributed by atoms with Gasteiger partial charge in [-0.2, -0.15) is 0 Å². The van der Waals surface area contributed by atoms with Crippen molar-refractivity contribution >= 4 is 39.4 Å². The van der Waals surface area contributed by atoms with Crippen LogP contribution >= 0.6 is 0 Å². The number of ether oxygens (including phenoxy) is 2. The van der Waals surface area contributed by atoms with Crippen molar-refractivity contribution in [2.24, 2.45) is 0 Å². The SMILES string of the molecule is CCOC(=O)Nc1ccc(C(=O)OC(C)C(=O)Nc2cc(S(=O)(=O)N(C)C)ccc2C)cc1. The van der Waals surface area contributed by atoms with Gasteiger partial charge >= 0.3 is 12.1 Å². The first-order valence-corrected chi connectivity index (χ1v) is 11.5.